The van der Waals surface area contributed by atoms with E-state index in [4.69, 9.17) is 6.42 Å². The minimum absolute atomic E-state index is 0.00459. The molecule has 0 saturated heterocycles. The van der Waals surface area contributed by atoms with Gasteiger partial charge in [0.25, 0.3) is 5.91 Å². The summed E-state index contributed by atoms with van der Waals surface area (Å²) in [6, 6.07) is 5.78. The number of fused-ring (bicyclic) bond motifs is 1. The average molecular weight is 268 g/mol. The molecule has 2 aromatic rings. The number of carbonyl (C=O) groups excluding carboxylic acids is 1. The first-order valence-electron chi connectivity index (χ1n) is 6.90. The van der Waals surface area contributed by atoms with Gasteiger partial charge in [0.05, 0.1) is 6.54 Å². The molecule has 20 heavy (non-hydrogen) atoms. The molecule has 0 aliphatic rings. The normalized spacial score (nSPS) is 10.5. The summed E-state index contributed by atoms with van der Waals surface area (Å²) in [6.45, 7) is 7.19. The number of nitrogens with zero attached hydrogens (tertiary/aromatic N) is 1. The summed E-state index contributed by atoms with van der Waals surface area (Å²) in [5.41, 5.74) is 4.09. The fourth-order valence-electron chi connectivity index (χ4n) is 2.41. The quantitative estimate of drug-likeness (QED) is 0.849. The summed E-state index contributed by atoms with van der Waals surface area (Å²) >= 11 is 0. The van der Waals surface area contributed by atoms with Gasteiger partial charge in [-0.1, -0.05) is 12.8 Å². The number of hydrogen-bond acceptors (Lipinski definition) is 1. The average Bonchev–Trinajstić information content (AvgIpc) is 2.73. The highest BCUT2D eigenvalue weighted by atomic mass is 16.2. The third-order valence-corrected chi connectivity index (χ3v) is 3.62. The van der Waals surface area contributed by atoms with Crippen molar-refractivity contribution < 1.29 is 4.79 Å². The Bertz CT molecular complexity index is 676. The molecule has 2 rings (SSSR count). The van der Waals surface area contributed by atoms with Gasteiger partial charge in [-0.05, 0) is 44.0 Å². The van der Waals surface area contributed by atoms with Gasteiger partial charge in [0.2, 0.25) is 0 Å². The summed E-state index contributed by atoms with van der Waals surface area (Å²) in [6.07, 6.45) is 6.25. The van der Waals surface area contributed by atoms with E-state index in [1.165, 1.54) is 5.56 Å². The molecule has 1 amide bonds. The summed E-state index contributed by atoms with van der Waals surface area (Å²) in [4.78, 5) is 17.5. The first-order chi connectivity index (χ1) is 9.58. The maximum absolute atomic E-state index is 12.5. The summed E-state index contributed by atoms with van der Waals surface area (Å²) < 4.78 is 0. The van der Waals surface area contributed by atoms with Crippen molar-refractivity contribution in [2.75, 3.05) is 13.1 Å². The Balaban J connectivity index is 2.39. The lowest BCUT2D eigenvalue weighted by Gasteiger charge is -2.19. The Kier molecular flexibility index (Phi) is 4.14. The van der Waals surface area contributed by atoms with Gasteiger partial charge in [0.15, 0.2) is 0 Å². The van der Waals surface area contributed by atoms with Gasteiger partial charge in [0.1, 0.15) is 0 Å². The maximum atomic E-state index is 12.5. The number of aromatic amines is 1. The van der Waals surface area contributed by atoms with E-state index in [1.54, 1.807) is 4.90 Å². The minimum atomic E-state index is 0.00459. The zero-order valence-electron chi connectivity index (χ0n) is 12.3. The number of aromatic nitrogens is 1. The van der Waals surface area contributed by atoms with Crippen molar-refractivity contribution in [2.24, 2.45) is 0 Å². The summed E-state index contributed by atoms with van der Waals surface area (Å²) in [5, 5.41) is 1.10. The third-order valence-electron chi connectivity index (χ3n) is 3.62. The van der Waals surface area contributed by atoms with E-state index in [-0.39, 0.29) is 5.91 Å². The molecule has 0 atom stereocenters. The number of carbonyl (C=O) groups is 1. The molecule has 0 saturated carbocycles. The fourth-order valence-corrected chi connectivity index (χ4v) is 2.41. The second-order valence-corrected chi connectivity index (χ2v) is 5.07. The molecule has 1 heterocycles. The Morgan fingerprint density at radius 2 is 2.15 bits per heavy atom. The van der Waals surface area contributed by atoms with E-state index >= 15 is 0 Å². The SMILES string of the molecule is C#CCN(CCC)C(=O)c1ccc2[nH]c(C)c(C)c2c1. The van der Waals surface area contributed by atoms with Crippen LogP contribution < -0.4 is 0 Å². The van der Waals surface area contributed by atoms with Crippen molar-refractivity contribution in [3.8, 4) is 12.3 Å². The van der Waals surface area contributed by atoms with Gasteiger partial charge in [-0.15, -0.1) is 6.42 Å². The van der Waals surface area contributed by atoms with Crippen LogP contribution in [-0.2, 0) is 0 Å². The molecule has 1 N–H and O–H groups in total. The third kappa shape index (κ3) is 2.55. The predicted octanol–water partition coefficient (Wildman–Crippen LogP) is 3.27. The van der Waals surface area contributed by atoms with E-state index in [0.29, 0.717) is 18.7 Å². The molecular weight excluding hydrogens is 248 g/mol. The van der Waals surface area contributed by atoms with Crippen molar-refractivity contribution in [3.63, 3.8) is 0 Å². The largest absolute Gasteiger partial charge is 0.358 e. The van der Waals surface area contributed by atoms with E-state index in [9.17, 15) is 4.79 Å². The fraction of sp³-hybridized carbons (Fsp3) is 0.353. The summed E-state index contributed by atoms with van der Waals surface area (Å²) in [7, 11) is 0. The zero-order chi connectivity index (χ0) is 14.7. The van der Waals surface area contributed by atoms with Crippen molar-refractivity contribution in [3.05, 3.63) is 35.0 Å². The second-order valence-electron chi connectivity index (χ2n) is 5.07. The van der Waals surface area contributed by atoms with Gasteiger partial charge >= 0.3 is 0 Å². The molecule has 104 valence electrons. The molecule has 0 aliphatic carbocycles. The number of hydrogen-bond donors (Lipinski definition) is 1. The van der Waals surface area contributed by atoms with Gasteiger partial charge in [-0.3, -0.25) is 4.79 Å². The van der Waals surface area contributed by atoms with Crippen LogP contribution in [0.25, 0.3) is 10.9 Å². The van der Waals surface area contributed by atoms with Crippen LogP contribution in [0.2, 0.25) is 0 Å². The van der Waals surface area contributed by atoms with E-state index in [1.807, 2.05) is 32.0 Å². The van der Waals surface area contributed by atoms with Gasteiger partial charge in [0, 0.05) is 28.7 Å². The van der Waals surface area contributed by atoms with Crippen LogP contribution in [0.5, 0.6) is 0 Å². The molecular formula is C17H20N2O. The van der Waals surface area contributed by atoms with Crippen LogP contribution in [0.4, 0.5) is 0 Å². The van der Waals surface area contributed by atoms with Crippen molar-refractivity contribution in [2.45, 2.75) is 27.2 Å². The molecule has 0 unspecified atom stereocenters. The van der Waals surface area contributed by atoms with E-state index < -0.39 is 0 Å². The Hall–Kier alpha value is -2.21. The van der Waals surface area contributed by atoms with Crippen LogP contribution in [-0.4, -0.2) is 28.9 Å². The first kappa shape index (κ1) is 14.2. The molecule has 1 aromatic carbocycles. The Morgan fingerprint density at radius 1 is 1.40 bits per heavy atom. The molecule has 0 aliphatic heterocycles. The van der Waals surface area contributed by atoms with Crippen LogP contribution >= 0.6 is 0 Å². The lowest BCUT2D eigenvalue weighted by atomic mass is 10.1. The van der Waals surface area contributed by atoms with E-state index in [2.05, 4.69) is 17.8 Å². The molecule has 0 fully saturated rings. The second kappa shape index (κ2) is 5.83. The van der Waals surface area contributed by atoms with Crippen LogP contribution in [0, 0.1) is 26.2 Å². The monoisotopic (exact) mass is 268 g/mol. The minimum Gasteiger partial charge on any atom is -0.358 e. The first-order valence-corrected chi connectivity index (χ1v) is 6.90. The summed E-state index contributed by atoms with van der Waals surface area (Å²) in [5.74, 6) is 2.56. The topological polar surface area (TPSA) is 36.1 Å². The van der Waals surface area contributed by atoms with Crippen LogP contribution in [0.1, 0.15) is 35.0 Å². The number of terminal acetylenes is 1. The molecule has 3 heteroatoms. The van der Waals surface area contributed by atoms with Crippen molar-refractivity contribution in [1.29, 1.82) is 0 Å². The molecule has 3 nitrogen and oxygen atoms in total. The number of benzene rings is 1. The highest BCUT2D eigenvalue weighted by Crippen LogP contribution is 2.23. The van der Waals surface area contributed by atoms with Crippen LogP contribution in [0.15, 0.2) is 18.2 Å². The zero-order valence-corrected chi connectivity index (χ0v) is 12.3. The molecule has 0 spiro atoms. The molecule has 1 aromatic heterocycles. The number of nitrogens with one attached hydrogen (secondary N) is 1. The van der Waals surface area contributed by atoms with E-state index in [0.717, 1.165) is 23.0 Å². The van der Waals surface area contributed by atoms with Crippen molar-refractivity contribution >= 4 is 16.8 Å². The Morgan fingerprint density at radius 3 is 2.80 bits per heavy atom. The van der Waals surface area contributed by atoms with Crippen LogP contribution in [0.3, 0.4) is 0 Å². The highest BCUT2D eigenvalue weighted by Gasteiger charge is 2.15. The van der Waals surface area contributed by atoms with Gasteiger partial charge in [-0.2, -0.15) is 0 Å². The smallest absolute Gasteiger partial charge is 0.254 e. The number of aryl methyl sites for hydroxylation is 2. The highest BCUT2D eigenvalue weighted by molar-refractivity contribution is 5.99. The number of amides is 1. The lowest BCUT2D eigenvalue weighted by molar-refractivity contribution is 0.0777. The lowest BCUT2D eigenvalue weighted by Crippen LogP contribution is -2.32. The maximum Gasteiger partial charge on any atom is 0.254 e. The van der Waals surface area contributed by atoms with Gasteiger partial charge in [-0.25, -0.2) is 0 Å². The predicted molar refractivity (Wildman–Crippen MR) is 82.8 cm³/mol. The van der Waals surface area contributed by atoms with Gasteiger partial charge < -0.3 is 9.88 Å². The number of H-pyrrole nitrogens is 1. The van der Waals surface area contributed by atoms with Crippen molar-refractivity contribution in [1.82, 2.24) is 9.88 Å². The molecule has 0 radical (unpaired) electrons. The Labute approximate surface area is 120 Å². The standard InChI is InChI=1S/C17H20N2O/c1-5-9-19(10-6-2)17(20)14-7-8-16-15(11-14)12(3)13(4)18-16/h1,7-8,11,18H,6,9-10H2,2-4H3. The number of rotatable bonds is 4. The molecule has 0 bridgehead atoms.